The van der Waals surface area contributed by atoms with Crippen LogP contribution in [0.4, 0.5) is 0 Å². The average Bonchev–Trinajstić information content (AvgIpc) is 3.31. The van der Waals surface area contributed by atoms with E-state index >= 15 is 0 Å². The molecule has 0 aromatic heterocycles. The summed E-state index contributed by atoms with van der Waals surface area (Å²) in [5, 5.41) is 23.3. The number of nitrogens with one attached hydrogen (secondary N) is 1. The zero-order valence-corrected chi connectivity index (χ0v) is 43.7. The molecule has 384 valence electrons. The Morgan fingerprint density at radius 2 is 0.723 bits per heavy atom. The topological polar surface area (TPSA) is 95.9 Å². The summed E-state index contributed by atoms with van der Waals surface area (Å²) in [7, 11) is 0. The van der Waals surface area contributed by atoms with Gasteiger partial charge in [0.2, 0.25) is 5.91 Å². The first-order valence-electron chi connectivity index (χ1n) is 29.1. The molecular weight excluding hydrogens is 803 g/mol. The molecule has 65 heavy (non-hydrogen) atoms. The molecule has 1 amide bonds. The Labute approximate surface area is 405 Å². The van der Waals surface area contributed by atoms with Crippen molar-refractivity contribution >= 4 is 11.9 Å². The van der Waals surface area contributed by atoms with E-state index < -0.39 is 12.1 Å². The van der Waals surface area contributed by atoms with E-state index in [1.54, 1.807) is 0 Å². The van der Waals surface area contributed by atoms with Gasteiger partial charge in [-0.2, -0.15) is 0 Å². The molecule has 0 fully saturated rings. The maximum atomic E-state index is 12.5. The minimum absolute atomic E-state index is 0.0154. The monoisotopic (exact) mass is 916 g/mol. The van der Waals surface area contributed by atoms with Gasteiger partial charge in [-0.05, 0) is 77.0 Å². The summed E-state index contributed by atoms with van der Waals surface area (Å²) in [6.07, 6.45) is 65.9. The van der Waals surface area contributed by atoms with Crippen LogP contribution in [0.25, 0.3) is 0 Å². The lowest BCUT2D eigenvalue weighted by atomic mass is 10.0. The average molecular weight is 917 g/mol. The van der Waals surface area contributed by atoms with Gasteiger partial charge in [0.25, 0.3) is 0 Å². The lowest BCUT2D eigenvalue weighted by Gasteiger charge is -2.22. The van der Waals surface area contributed by atoms with Crippen molar-refractivity contribution < 1.29 is 24.5 Å². The van der Waals surface area contributed by atoms with E-state index in [-0.39, 0.29) is 18.5 Å². The van der Waals surface area contributed by atoms with Crippen molar-refractivity contribution in [1.82, 2.24) is 5.32 Å². The summed E-state index contributed by atoms with van der Waals surface area (Å²) in [6.45, 7) is 4.92. The highest BCUT2D eigenvalue weighted by molar-refractivity contribution is 5.76. The normalized spacial score (nSPS) is 12.7. The van der Waals surface area contributed by atoms with Crippen LogP contribution in [0.1, 0.15) is 316 Å². The number of amides is 1. The molecule has 6 nitrogen and oxygen atoms in total. The SMILES string of the molecule is CCCCCCCC/C=C\CCCCCCCCCC(=O)OCCCCCCCC/C=C\CCCCCC(=O)NC(CO)C(O)CCCCCCCCCCCCCCCCCCCC. The van der Waals surface area contributed by atoms with E-state index in [9.17, 15) is 19.8 Å². The van der Waals surface area contributed by atoms with Crippen LogP contribution in [0.15, 0.2) is 24.3 Å². The smallest absolute Gasteiger partial charge is 0.305 e. The van der Waals surface area contributed by atoms with E-state index in [0.29, 0.717) is 25.9 Å². The van der Waals surface area contributed by atoms with Crippen LogP contribution in [0.3, 0.4) is 0 Å². The van der Waals surface area contributed by atoms with Gasteiger partial charge in [-0.1, -0.05) is 250 Å². The lowest BCUT2D eigenvalue weighted by molar-refractivity contribution is -0.143. The van der Waals surface area contributed by atoms with Gasteiger partial charge < -0.3 is 20.3 Å². The Kier molecular flexibility index (Phi) is 53.5. The maximum absolute atomic E-state index is 12.5. The number of carbonyl (C=O) groups excluding carboxylic acids is 2. The molecule has 6 heteroatoms. The molecule has 2 atom stereocenters. The molecular formula is C59H113NO5. The molecule has 0 radical (unpaired) electrons. The number of esters is 1. The summed E-state index contributed by atoms with van der Waals surface area (Å²) in [6, 6.07) is -0.562. The number of ether oxygens (including phenoxy) is 1. The molecule has 0 saturated carbocycles. The second-order valence-corrected chi connectivity index (χ2v) is 20.0. The molecule has 0 aromatic rings. The highest BCUT2D eigenvalue weighted by Gasteiger charge is 2.20. The molecule has 0 heterocycles. The number of aliphatic hydroxyl groups excluding tert-OH is 2. The summed E-state index contributed by atoms with van der Waals surface area (Å²) < 4.78 is 5.47. The molecule has 0 spiro atoms. The fourth-order valence-electron chi connectivity index (χ4n) is 8.98. The number of allylic oxidation sites excluding steroid dienone is 4. The van der Waals surface area contributed by atoms with Gasteiger partial charge in [0.1, 0.15) is 0 Å². The van der Waals surface area contributed by atoms with E-state index in [4.69, 9.17) is 4.74 Å². The Morgan fingerprint density at radius 1 is 0.415 bits per heavy atom. The van der Waals surface area contributed by atoms with Crippen molar-refractivity contribution in [3.8, 4) is 0 Å². The van der Waals surface area contributed by atoms with Crippen molar-refractivity contribution in [3.63, 3.8) is 0 Å². The Hall–Kier alpha value is -1.66. The molecule has 0 aliphatic rings. The largest absolute Gasteiger partial charge is 0.466 e. The third-order valence-electron chi connectivity index (χ3n) is 13.5. The van der Waals surface area contributed by atoms with Gasteiger partial charge in [0.15, 0.2) is 0 Å². The molecule has 2 unspecified atom stereocenters. The number of carbonyl (C=O) groups is 2. The van der Waals surface area contributed by atoms with Crippen molar-refractivity contribution in [2.45, 2.75) is 328 Å². The number of hydrogen-bond acceptors (Lipinski definition) is 5. The highest BCUT2D eigenvalue weighted by atomic mass is 16.5. The van der Waals surface area contributed by atoms with Gasteiger partial charge in [-0.3, -0.25) is 9.59 Å². The summed E-state index contributed by atoms with van der Waals surface area (Å²) >= 11 is 0. The van der Waals surface area contributed by atoms with E-state index in [1.165, 1.54) is 212 Å². The van der Waals surface area contributed by atoms with Crippen LogP contribution in [0.2, 0.25) is 0 Å². The highest BCUT2D eigenvalue weighted by Crippen LogP contribution is 2.17. The molecule has 3 N–H and O–H groups in total. The van der Waals surface area contributed by atoms with Crippen LogP contribution in [-0.2, 0) is 14.3 Å². The van der Waals surface area contributed by atoms with Crippen molar-refractivity contribution in [1.29, 1.82) is 0 Å². The summed E-state index contributed by atoms with van der Waals surface area (Å²) in [5.74, 6) is -0.0783. The van der Waals surface area contributed by atoms with Crippen molar-refractivity contribution in [2.24, 2.45) is 0 Å². The van der Waals surface area contributed by atoms with E-state index in [0.717, 1.165) is 70.6 Å². The van der Waals surface area contributed by atoms with Gasteiger partial charge in [-0.15, -0.1) is 0 Å². The summed E-state index contributed by atoms with van der Waals surface area (Å²) in [4.78, 5) is 24.5. The minimum Gasteiger partial charge on any atom is -0.466 e. The molecule has 0 aliphatic heterocycles. The number of aliphatic hydroxyl groups is 2. The molecule has 0 bridgehead atoms. The quantitative estimate of drug-likeness (QED) is 0.0321. The standard InChI is InChI=1S/C59H113NO5/c1-3-5-7-9-11-13-15-17-19-21-23-24-27-31-35-39-43-47-51-57(62)56(55-61)60-58(63)52-48-44-40-36-32-28-26-30-34-38-42-46-50-54-65-59(64)53-49-45-41-37-33-29-25-22-20-18-16-14-12-10-8-6-4-2/h18,20,28,32,56-57,61-62H,3-17,19,21-27,29-31,33-55H2,1-2H3,(H,60,63)/b20-18-,32-28-. The first kappa shape index (κ1) is 63.3. The van der Waals surface area contributed by atoms with Crippen molar-refractivity contribution in [3.05, 3.63) is 24.3 Å². The predicted octanol–water partition coefficient (Wildman–Crippen LogP) is 17.9. The van der Waals surface area contributed by atoms with Crippen LogP contribution in [0.5, 0.6) is 0 Å². The predicted molar refractivity (Wildman–Crippen MR) is 283 cm³/mol. The third-order valence-corrected chi connectivity index (χ3v) is 13.5. The number of hydrogen-bond donors (Lipinski definition) is 3. The van der Waals surface area contributed by atoms with Crippen LogP contribution >= 0.6 is 0 Å². The van der Waals surface area contributed by atoms with E-state index in [2.05, 4.69) is 43.5 Å². The van der Waals surface area contributed by atoms with E-state index in [1.807, 2.05) is 0 Å². The summed E-state index contributed by atoms with van der Waals surface area (Å²) in [5.41, 5.74) is 0. The number of rotatable bonds is 54. The Balaban J connectivity index is 3.48. The van der Waals surface area contributed by atoms with Crippen molar-refractivity contribution in [2.75, 3.05) is 13.2 Å². The molecule has 0 rings (SSSR count). The Morgan fingerprint density at radius 3 is 1.11 bits per heavy atom. The second-order valence-electron chi connectivity index (χ2n) is 20.0. The second kappa shape index (κ2) is 54.9. The fourth-order valence-corrected chi connectivity index (χ4v) is 8.98. The lowest BCUT2D eigenvalue weighted by Crippen LogP contribution is -2.45. The van der Waals surface area contributed by atoms with Crippen LogP contribution < -0.4 is 5.32 Å². The first-order valence-corrected chi connectivity index (χ1v) is 29.1. The number of unbranched alkanes of at least 4 members (excludes halogenated alkanes) is 39. The zero-order chi connectivity index (χ0) is 47.2. The zero-order valence-electron chi connectivity index (χ0n) is 43.7. The van der Waals surface area contributed by atoms with Gasteiger partial charge >= 0.3 is 5.97 Å². The Bertz CT molecular complexity index is 1010. The third kappa shape index (κ3) is 51.6. The molecule has 0 aromatic carbocycles. The van der Waals surface area contributed by atoms with Gasteiger partial charge in [0, 0.05) is 12.8 Å². The van der Waals surface area contributed by atoms with Crippen LogP contribution in [0, 0.1) is 0 Å². The molecule has 0 saturated heterocycles. The maximum Gasteiger partial charge on any atom is 0.305 e. The minimum atomic E-state index is -0.682. The first-order chi connectivity index (χ1) is 32.0. The van der Waals surface area contributed by atoms with Gasteiger partial charge in [-0.25, -0.2) is 0 Å². The molecule has 0 aliphatic carbocycles. The van der Waals surface area contributed by atoms with Gasteiger partial charge in [0.05, 0.1) is 25.4 Å². The fraction of sp³-hybridized carbons (Fsp3) is 0.898. The van der Waals surface area contributed by atoms with Crippen LogP contribution in [-0.4, -0.2) is 47.4 Å².